The van der Waals surface area contributed by atoms with Crippen molar-refractivity contribution in [1.82, 2.24) is 5.32 Å². The number of amides is 1. The predicted octanol–water partition coefficient (Wildman–Crippen LogP) is 3.67. The molecule has 0 fully saturated rings. The first kappa shape index (κ1) is 14.3. The summed E-state index contributed by atoms with van der Waals surface area (Å²) in [7, 11) is 0. The smallest absolute Gasteiger partial charge is 0.223 e. The molecule has 0 saturated carbocycles. The molecule has 0 heterocycles. The fourth-order valence-corrected chi connectivity index (χ4v) is 2.84. The fourth-order valence-electron chi connectivity index (χ4n) is 2.84. The minimum absolute atomic E-state index is 0.115. The second-order valence-electron chi connectivity index (χ2n) is 7.09. The molecule has 0 aromatic carbocycles. The number of nitrogens with one attached hydrogen (secondary N) is 1. The van der Waals surface area contributed by atoms with Crippen molar-refractivity contribution in [3.05, 3.63) is 12.2 Å². The molecule has 2 heteroatoms. The highest BCUT2D eigenvalue weighted by Gasteiger charge is 2.29. The second kappa shape index (κ2) is 5.24. The fraction of sp³-hybridized carbons (Fsp3) is 0.800. The third-order valence-corrected chi connectivity index (χ3v) is 3.07. The zero-order chi connectivity index (χ0) is 13.1. The highest BCUT2D eigenvalue weighted by molar-refractivity contribution is 5.79. The van der Waals surface area contributed by atoms with E-state index in [1.165, 1.54) is 0 Å². The average Bonchev–Trinajstić information content (AvgIpc) is 2.14. The van der Waals surface area contributed by atoms with Crippen molar-refractivity contribution in [2.75, 3.05) is 0 Å². The van der Waals surface area contributed by atoms with Crippen LogP contribution in [0.3, 0.4) is 0 Å². The second-order valence-corrected chi connectivity index (χ2v) is 7.09. The molecule has 98 valence electrons. The van der Waals surface area contributed by atoms with Crippen molar-refractivity contribution in [2.45, 2.75) is 65.8 Å². The van der Waals surface area contributed by atoms with E-state index in [1.54, 1.807) is 0 Å². The van der Waals surface area contributed by atoms with E-state index in [2.05, 4.69) is 52.1 Å². The van der Waals surface area contributed by atoms with Crippen LogP contribution in [-0.4, -0.2) is 11.4 Å². The average molecular weight is 237 g/mol. The lowest BCUT2D eigenvalue weighted by atomic mass is 9.81. The minimum atomic E-state index is -0.115. The maximum absolute atomic E-state index is 12.2. The molecule has 0 spiro atoms. The van der Waals surface area contributed by atoms with Crippen molar-refractivity contribution < 1.29 is 4.79 Å². The summed E-state index contributed by atoms with van der Waals surface area (Å²) in [5, 5.41) is 3.21. The van der Waals surface area contributed by atoms with E-state index in [1.807, 2.05) is 0 Å². The Morgan fingerprint density at radius 3 is 2.35 bits per heavy atom. The lowest BCUT2D eigenvalue weighted by Gasteiger charge is -2.34. The normalized spacial score (nSPS) is 21.4. The number of hydrogen-bond donors (Lipinski definition) is 1. The van der Waals surface area contributed by atoms with Gasteiger partial charge in [-0.25, -0.2) is 0 Å². The molecule has 1 rings (SSSR count). The standard InChI is InChI=1S/C15H27NO/c1-14(2,3)11-15(4,5)16-13(17)12-9-7-6-8-10-12/h6-7,12H,8-11H2,1-5H3,(H,16,17). The maximum atomic E-state index is 12.2. The molecule has 0 aliphatic heterocycles. The van der Waals surface area contributed by atoms with Crippen LogP contribution in [0.1, 0.15) is 60.3 Å². The van der Waals surface area contributed by atoms with E-state index < -0.39 is 0 Å². The summed E-state index contributed by atoms with van der Waals surface area (Å²) in [6, 6.07) is 0. The molecule has 1 N–H and O–H groups in total. The van der Waals surface area contributed by atoms with Gasteiger partial charge in [0.1, 0.15) is 0 Å². The van der Waals surface area contributed by atoms with Crippen LogP contribution in [0.15, 0.2) is 12.2 Å². The number of carbonyl (C=O) groups excluding carboxylic acids is 1. The van der Waals surface area contributed by atoms with Gasteiger partial charge in [0.15, 0.2) is 0 Å². The third-order valence-electron chi connectivity index (χ3n) is 3.07. The van der Waals surface area contributed by atoms with Crippen molar-refractivity contribution >= 4 is 5.91 Å². The monoisotopic (exact) mass is 237 g/mol. The van der Waals surface area contributed by atoms with Gasteiger partial charge in [0.2, 0.25) is 5.91 Å². The highest BCUT2D eigenvalue weighted by Crippen LogP contribution is 2.28. The van der Waals surface area contributed by atoms with Crippen LogP contribution >= 0.6 is 0 Å². The van der Waals surface area contributed by atoms with Gasteiger partial charge in [-0.1, -0.05) is 32.9 Å². The number of carbonyl (C=O) groups is 1. The summed E-state index contributed by atoms with van der Waals surface area (Å²) in [5.74, 6) is 0.405. The van der Waals surface area contributed by atoms with Crippen molar-refractivity contribution in [3.8, 4) is 0 Å². The van der Waals surface area contributed by atoms with Crippen LogP contribution in [0.2, 0.25) is 0 Å². The highest BCUT2D eigenvalue weighted by atomic mass is 16.2. The summed E-state index contributed by atoms with van der Waals surface area (Å²) in [5.41, 5.74) is 0.125. The van der Waals surface area contributed by atoms with Gasteiger partial charge >= 0.3 is 0 Å². The molecule has 1 aliphatic rings. The zero-order valence-corrected chi connectivity index (χ0v) is 12.0. The van der Waals surface area contributed by atoms with Crippen molar-refractivity contribution in [1.29, 1.82) is 0 Å². The van der Waals surface area contributed by atoms with Crippen LogP contribution in [0, 0.1) is 11.3 Å². The summed E-state index contributed by atoms with van der Waals surface area (Å²) >= 11 is 0. The van der Waals surface area contributed by atoms with Gasteiger partial charge in [0.25, 0.3) is 0 Å². The van der Waals surface area contributed by atoms with E-state index in [0.717, 1.165) is 25.7 Å². The van der Waals surface area contributed by atoms with Gasteiger partial charge in [-0.15, -0.1) is 0 Å². The van der Waals surface area contributed by atoms with Crippen molar-refractivity contribution in [2.24, 2.45) is 11.3 Å². The largest absolute Gasteiger partial charge is 0.351 e. The minimum Gasteiger partial charge on any atom is -0.351 e. The Morgan fingerprint density at radius 1 is 1.24 bits per heavy atom. The summed E-state index contributed by atoms with van der Waals surface area (Å²) in [6.07, 6.45) is 8.23. The SMILES string of the molecule is CC(C)(C)CC(C)(C)NC(=O)C1CC=CCC1. The van der Waals surface area contributed by atoms with Gasteiger partial charge in [-0.05, 0) is 44.9 Å². The Morgan fingerprint density at radius 2 is 1.88 bits per heavy atom. The summed E-state index contributed by atoms with van der Waals surface area (Å²) in [6.45, 7) is 10.9. The molecule has 0 radical (unpaired) electrons. The Hall–Kier alpha value is -0.790. The van der Waals surface area contributed by atoms with Crippen LogP contribution in [0.4, 0.5) is 0 Å². The van der Waals surface area contributed by atoms with E-state index in [-0.39, 0.29) is 22.8 Å². The van der Waals surface area contributed by atoms with Gasteiger partial charge in [-0.3, -0.25) is 4.79 Å². The van der Waals surface area contributed by atoms with Gasteiger partial charge in [-0.2, -0.15) is 0 Å². The number of hydrogen-bond acceptors (Lipinski definition) is 1. The van der Waals surface area contributed by atoms with E-state index in [0.29, 0.717) is 0 Å². The maximum Gasteiger partial charge on any atom is 0.223 e. The molecule has 0 aromatic rings. The third kappa shape index (κ3) is 5.38. The Kier molecular flexibility index (Phi) is 4.40. The van der Waals surface area contributed by atoms with Gasteiger partial charge in [0.05, 0.1) is 0 Å². The van der Waals surface area contributed by atoms with Crippen LogP contribution in [0.25, 0.3) is 0 Å². The molecule has 1 unspecified atom stereocenters. The molecule has 0 aromatic heterocycles. The Labute approximate surface area is 106 Å². The lowest BCUT2D eigenvalue weighted by Crippen LogP contribution is -2.48. The molecule has 0 bridgehead atoms. The quantitative estimate of drug-likeness (QED) is 0.745. The predicted molar refractivity (Wildman–Crippen MR) is 72.8 cm³/mol. The first-order chi connectivity index (χ1) is 7.70. The number of allylic oxidation sites excluding steroid dienone is 2. The summed E-state index contributed by atoms with van der Waals surface area (Å²) < 4.78 is 0. The molecule has 1 aliphatic carbocycles. The Bertz CT molecular complexity index is 297. The first-order valence-corrected chi connectivity index (χ1v) is 6.67. The Balaban J connectivity index is 2.52. The van der Waals surface area contributed by atoms with Gasteiger partial charge in [0, 0.05) is 11.5 Å². The first-order valence-electron chi connectivity index (χ1n) is 6.67. The van der Waals surface area contributed by atoms with Crippen LogP contribution in [-0.2, 0) is 4.79 Å². The van der Waals surface area contributed by atoms with Crippen molar-refractivity contribution in [3.63, 3.8) is 0 Å². The number of rotatable bonds is 3. The zero-order valence-electron chi connectivity index (χ0n) is 12.0. The molecule has 2 nitrogen and oxygen atoms in total. The van der Waals surface area contributed by atoms with Crippen LogP contribution in [0.5, 0.6) is 0 Å². The molecule has 1 amide bonds. The van der Waals surface area contributed by atoms with Gasteiger partial charge < -0.3 is 5.32 Å². The van der Waals surface area contributed by atoms with E-state index in [4.69, 9.17) is 0 Å². The molecule has 0 saturated heterocycles. The topological polar surface area (TPSA) is 29.1 Å². The lowest BCUT2D eigenvalue weighted by molar-refractivity contribution is -0.127. The molecule has 1 atom stereocenters. The van der Waals surface area contributed by atoms with E-state index >= 15 is 0 Å². The molecule has 17 heavy (non-hydrogen) atoms. The molecular weight excluding hydrogens is 210 g/mol. The summed E-state index contributed by atoms with van der Waals surface area (Å²) in [4.78, 5) is 12.2. The van der Waals surface area contributed by atoms with Crippen LogP contribution < -0.4 is 5.32 Å². The van der Waals surface area contributed by atoms with E-state index in [9.17, 15) is 4.79 Å². The molecular formula is C15H27NO.